The van der Waals surface area contributed by atoms with Gasteiger partial charge in [-0.25, -0.2) is 4.39 Å². The number of amides is 2. The molecule has 7 nitrogen and oxygen atoms in total. The number of halogens is 1. The summed E-state index contributed by atoms with van der Waals surface area (Å²) in [7, 11) is 0. The van der Waals surface area contributed by atoms with Gasteiger partial charge in [-0.3, -0.25) is 19.6 Å². The number of carbonyl (C=O) groups excluding carboxylic acids is 2. The van der Waals surface area contributed by atoms with Crippen molar-refractivity contribution in [3.05, 3.63) is 54.4 Å². The predicted octanol–water partition coefficient (Wildman–Crippen LogP) is 0.998. The smallest absolute Gasteiger partial charge is 0.261 e. The van der Waals surface area contributed by atoms with Gasteiger partial charge in [-0.2, -0.15) is 0 Å². The highest BCUT2D eigenvalue weighted by molar-refractivity contribution is 5.92. The zero-order valence-electron chi connectivity index (χ0n) is 13.4. The molecule has 2 N–H and O–H groups in total. The molecule has 0 bridgehead atoms. The van der Waals surface area contributed by atoms with Crippen LogP contribution in [-0.4, -0.2) is 39.8 Å². The first kappa shape index (κ1) is 16.8. The monoisotopic (exact) mass is 344 g/mol. The number of carbonyl (C=O) groups is 2. The van der Waals surface area contributed by atoms with Crippen LogP contribution in [0.5, 0.6) is 5.75 Å². The number of rotatable bonds is 5. The average molecular weight is 344 g/mol. The third-order valence-corrected chi connectivity index (χ3v) is 4.25. The minimum absolute atomic E-state index is 0.291. The van der Waals surface area contributed by atoms with Crippen molar-refractivity contribution < 1.29 is 18.7 Å². The second-order valence-corrected chi connectivity index (χ2v) is 5.71. The average Bonchev–Trinajstić information content (AvgIpc) is 3.08. The van der Waals surface area contributed by atoms with Gasteiger partial charge in [0.25, 0.3) is 5.91 Å². The molecule has 0 saturated carbocycles. The summed E-state index contributed by atoms with van der Waals surface area (Å²) in [6.07, 6.45) is 5.37. The van der Waals surface area contributed by atoms with E-state index in [-0.39, 0.29) is 6.61 Å². The molecular formula is C17H17FN4O3. The summed E-state index contributed by atoms with van der Waals surface area (Å²) < 4.78 is 18.3. The molecule has 1 aromatic heterocycles. The van der Waals surface area contributed by atoms with Gasteiger partial charge >= 0.3 is 0 Å². The summed E-state index contributed by atoms with van der Waals surface area (Å²) in [6, 6.07) is 5.33. The van der Waals surface area contributed by atoms with Gasteiger partial charge in [0.1, 0.15) is 11.6 Å². The van der Waals surface area contributed by atoms with Crippen LogP contribution in [0.2, 0.25) is 0 Å². The van der Waals surface area contributed by atoms with Gasteiger partial charge in [-0.15, -0.1) is 0 Å². The summed E-state index contributed by atoms with van der Waals surface area (Å²) in [4.78, 5) is 34.4. The summed E-state index contributed by atoms with van der Waals surface area (Å²) in [5.74, 6) is -1.08. The lowest BCUT2D eigenvalue weighted by molar-refractivity contribution is -0.146. The second-order valence-electron chi connectivity index (χ2n) is 5.71. The number of primary amides is 1. The molecule has 25 heavy (non-hydrogen) atoms. The third-order valence-electron chi connectivity index (χ3n) is 4.25. The maximum Gasteiger partial charge on any atom is 0.261 e. The molecule has 1 aromatic carbocycles. The largest absolute Gasteiger partial charge is 0.484 e. The molecule has 0 spiro atoms. The summed E-state index contributed by atoms with van der Waals surface area (Å²) in [6.45, 7) is 0.0754. The molecule has 3 rings (SSSR count). The Labute approximate surface area is 143 Å². The summed E-state index contributed by atoms with van der Waals surface area (Å²) in [5, 5.41) is 0. The van der Waals surface area contributed by atoms with Gasteiger partial charge < -0.3 is 15.4 Å². The van der Waals surface area contributed by atoms with E-state index < -0.39 is 23.2 Å². The molecule has 1 aliphatic heterocycles. The second kappa shape index (κ2) is 6.84. The molecule has 1 unspecified atom stereocenters. The van der Waals surface area contributed by atoms with E-state index in [9.17, 15) is 14.0 Å². The van der Waals surface area contributed by atoms with Crippen LogP contribution >= 0.6 is 0 Å². The highest BCUT2D eigenvalue weighted by Crippen LogP contribution is 2.37. The Bertz CT molecular complexity index is 769. The zero-order chi connectivity index (χ0) is 17.9. The Hall–Kier alpha value is -3.03. The molecule has 1 saturated heterocycles. The van der Waals surface area contributed by atoms with Crippen LogP contribution in [0, 0.1) is 5.82 Å². The van der Waals surface area contributed by atoms with Crippen molar-refractivity contribution in [1.82, 2.24) is 14.9 Å². The van der Waals surface area contributed by atoms with Crippen molar-refractivity contribution in [3.8, 4) is 5.75 Å². The molecule has 1 atom stereocenters. The molecule has 1 fully saturated rings. The van der Waals surface area contributed by atoms with Crippen molar-refractivity contribution >= 4 is 11.8 Å². The van der Waals surface area contributed by atoms with Crippen molar-refractivity contribution in [3.63, 3.8) is 0 Å². The molecule has 2 aromatic rings. The Balaban J connectivity index is 1.80. The lowest BCUT2D eigenvalue weighted by atomic mass is 9.91. The summed E-state index contributed by atoms with van der Waals surface area (Å²) in [5.41, 5.74) is 4.65. The number of aromatic nitrogens is 2. The third kappa shape index (κ3) is 3.15. The van der Waals surface area contributed by atoms with Crippen LogP contribution in [0.15, 0.2) is 42.9 Å². The van der Waals surface area contributed by atoms with Crippen LogP contribution in [0.1, 0.15) is 18.5 Å². The van der Waals surface area contributed by atoms with Crippen LogP contribution in [0.3, 0.4) is 0 Å². The molecule has 8 heteroatoms. The van der Waals surface area contributed by atoms with Gasteiger partial charge in [0.15, 0.2) is 12.1 Å². The molecule has 1 aliphatic rings. The maximum absolute atomic E-state index is 12.9. The van der Waals surface area contributed by atoms with Crippen molar-refractivity contribution in [2.45, 2.75) is 18.4 Å². The number of hydrogen-bond donors (Lipinski definition) is 1. The molecular weight excluding hydrogens is 327 g/mol. The quantitative estimate of drug-likeness (QED) is 0.872. The fraction of sp³-hybridized carbons (Fsp3) is 0.294. The first-order valence-electron chi connectivity index (χ1n) is 7.79. The van der Waals surface area contributed by atoms with E-state index in [2.05, 4.69) is 9.97 Å². The lowest BCUT2D eigenvalue weighted by Crippen LogP contribution is -2.55. The number of likely N-dealkylation sites (tertiary alicyclic amines) is 1. The first-order valence-corrected chi connectivity index (χ1v) is 7.79. The topological polar surface area (TPSA) is 98.4 Å². The van der Waals surface area contributed by atoms with Crippen LogP contribution in [-0.2, 0) is 15.1 Å². The van der Waals surface area contributed by atoms with Gasteiger partial charge in [0.05, 0.1) is 11.9 Å². The van der Waals surface area contributed by atoms with Gasteiger partial charge in [0.2, 0.25) is 5.91 Å². The fourth-order valence-electron chi connectivity index (χ4n) is 3.07. The SMILES string of the molecule is NC(=O)C1(c2cnccn2)CCCN1C(=O)COc1ccc(F)cc1. The normalized spacial score (nSPS) is 19.6. The number of nitrogens with two attached hydrogens (primary N) is 1. The Morgan fingerprint density at radius 1 is 1.28 bits per heavy atom. The molecule has 0 aliphatic carbocycles. The van der Waals surface area contributed by atoms with E-state index in [0.29, 0.717) is 30.8 Å². The Morgan fingerprint density at radius 2 is 2.04 bits per heavy atom. The van der Waals surface area contributed by atoms with E-state index >= 15 is 0 Å². The minimum atomic E-state index is -1.32. The van der Waals surface area contributed by atoms with Gasteiger partial charge in [0, 0.05) is 18.9 Å². The van der Waals surface area contributed by atoms with Gasteiger partial charge in [-0.1, -0.05) is 0 Å². The first-order chi connectivity index (χ1) is 12.0. The van der Waals surface area contributed by atoms with Crippen molar-refractivity contribution in [1.29, 1.82) is 0 Å². The Kier molecular flexibility index (Phi) is 4.60. The van der Waals surface area contributed by atoms with E-state index in [1.54, 1.807) is 0 Å². The number of ether oxygens (including phenoxy) is 1. The lowest BCUT2D eigenvalue weighted by Gasteiger charge is -2.34. The van der Waals surface area contributed by atoms with E-state index in [4.69, 9.17) is 10.5 Å². The van der Waals surface area contributed by atoms with Crippen LogP contribution < -0.4 is 10.5 Å². The highest BCUT2D eigenvalue weighted by Gasteiger charge is 2.51. The number of benzene rings is 1. The predicted molar refractivity (Wildman–Crippen MR) is 85.7 cm³/mol. The highest BCUT2D eigenvalue weighted by atomic mass is 19.1. The van der Waals surface area contributed by atoms with E-state index in [1.807, 2.05) is 0 Å². The van der Waals surface area contributed by atoms with E-state index in [1.165, 1.54) is 47.8 Å². The van der Waals surface area contributed by atoms with Crippen LogP contribution in [0.4, 0.5) is 4.39 Å². The Morgan fingerprint density at radius 3 is 2.68 bits per heavy atom. The standard InChI is InChI=1S/C17H17FN4O3/c18-12-2-4-13(5-3-12)25-11-15(23)22-9-1-6-17(22,16(19)24)14-10-20-7-8-21-14/h2-5,7-8,10H,1,6,9,11H2,(H2,19,24). The molecule has 2 amide bonds. The maximum atomic E-state index is 12.9. The fourth-order valence-corrected chi connectivity index (χ4v) is 3.07. The van der Waals surface area contributed by atoms with Crippen molar-refractivity contribution in [2.75, 3.05) is 13.2 Å². The van der Waals surface area contributed by atoms with Crippen molar-refractivity contribution in [2.24, 2.45) is 5.73 Å². The van der Waals surface area contributed by atoms with Gasteiger partial charge in [-0.05, 0) is 37.1 Å². The number of nitrogens with zero attached hydrogens (tertiary/aromatic N) is 3. The number of hydrogen-bond acceptors (Lipinski definition) is 5. The molecule has 0 radical (unpaired) electrons. The summed E-state index contributed by atoms with van der Waals surface area (Å²) >= 11 is 0. The molecule has 2 heterocycles. The zero-order valence-corrected chi connectivity index (χ0v) is 13.4. The van der Waals surface area contributed by atoms with E-state index in [0.717, 1.165) is 0 Å². The minimum Gasteiger partial charge on any atom is -0.484 e. The molecule has 130 valence electrons. The van der Waals surface area contributed by atoms with Crippen LogP contribution in [0.25, 0.3) is 0 Å².